The minimum atomic E-state index is -0.978. The van der Waals surface area contributed by atoms with Gasteiger partial charge in [0.1, 0.15) is 25.3 Å². The predicted molar refractivity (Wildman–Crippen MR) is 172 cm³/mol. The molecule has 6 atom stereocenters. The van der Waals surface area contributed by atoms with Crippen molar-refractivity contribution in [2.75, 3.05) is 20.3 Å². The molecule has 5 rings (SSSR count). The van der Waals surface area contributed by atoms with Crippen molar-refractivity contribution in [3.8, 4) is 0 Å². The molecular weight excluding hydrogens is 588 g/mol. The van der Waals surface area contributed by atoms with Crippen LogP contribution in [0.1, 0.15) is 83.6 Å². The number of unbranched alkanes of at least 4 members (excludes halogenated alkanes) is 2. The number of piperidine rings is 1. The zero-order chi connectivity index (χ0) is 32.8. The Morgan fingerprint density at radius 3 is 2.59 bits per heavy atom. The number of Topliss-reactive ketones (excluding diaryl/α,β-unsaturated/α-hetero) is 2. The molecule has 0 spiro atoms. The number of carbonyl (C=O) groups is 5. The molecule has 1 aromatic carbocycles. The van der Waals surface area contributed by atoms with Crippen LogP contribution < -0.4 is 15.5 Å². The number of ketones is 2. The quantitative estimate of drug-likeness (QED) is 0.270. The Labute approximate surface area is 270 Å². The molecule has 11 nitrogen and oxygen atoms in total. The largest absolute Gasteiger partial charge is 0.417 e. The van der Waals surface area contributed by atoms with E-state index in [9.17, 15) is 24.0 Å². The van der Waals surface area contributed by atoms with Crippen LogP contribution in [0, 0.1) is 11.8 Å². The summed E-state index contributed by atoms with van der Waals surface area (Å²) in [5.41, 5.74) is 1.64. The van der Waals surface area contributed by atoms with Crippen molar-refractivity contribution in [3.63, 3.8) is 0 Å². The molecule has 46 heavy (non-hydrogen) atoms. The highest BCUT2D eigenvalue weighted by Crippen LogP contribution is 2.27. The highest BCUT2D eigenvalue weighted by Gasteiger charge is 2.41. The lowest BCUT2D eigenvalue weighted by Gasteiger charge is -2.39. The molecule has 0 radical (unpaired) electrons. The number of amides is 3. The Balaban J connectivity index is 1.42. The lowest BCUT2D eigenvalue weighted by Crippen LogP contribution is -2.61. The molecule has 3 aliphatic rings. The fourth-order valence-corrected chi connectivity index (χ4v) is 6.86. The molecule has 2 N–H and O–H groups in total. The second-order valence-corrected chi connectivity index (χ2v) is 13.1. The highest BCUT2D eigenvalue weighted by atomic mass is 16.6. The third-order valence-corrected chi connectivity index (χ3v) is 9.94. The Morgan fingerprint density at radius 1 is 1.07 bits per heavy atom. The fraction of sp³-hybridized carbons (Fsp3) is 0.629. The maximum atomic E-state index is 14.1. The Hall–Kier alpha value is -3.73. The van der Waals surface area contributed by atoms with E-state index in [1.807, 2.05) is 44.3 Å². The average molecular weight is 637 g/mol. The normalized spacial score (nSPS) is 26.4. The van der Waals surface area contributed by atoms with Crippen molar-refractivity contribution in [2.45, 2.75) is 109 Å². The Morgan fingerprint density at radius 2 is 1.85 bits per heavy atom. The van der Waals surface area contributed by atoms with Gasteiger partial charge in [0, 0.05) is 43.3 Å². The van der Waals surface area contributed by atoms with E-state index in [1.165, 1.54) is 0 Å². The van der Waals surface area contributed by atoms with Crippen LogP contribution in [0.5, 0.6) is 0 Å². The van der Waals surface area contributed by atoms with Gasteiger partial charge in [0.25, 0.3) is 0 Å². The first kappa shape index (κ1) is 33.6. The molecular formula is C35H48N4O7. The minimum Gasteiger partial charge on any atom is -0.417 e. The topological polar surface area (TPSA) is 139 Å². The van der Waals surface area contributed by atoms with Crippen LogP contribution in [-0.2, 0) is 35.1 Å². The first-order valence-electron chi connectivity index (χ1n) is 16.9. The van der Waals surface area contributed by atoms with Gasteiger partial charge in [-0.15, -0.1) is 0 Å². The zero-order valence-corrected chi connectivity index (χ0v) is 27.3. The number of epoxide rings is 1. The van der Waals surface area contributed by atoms with Crippen molar-refractivity contribution in [1.82, 2.24) is 20.3 Å². The second kappa shape index (κ2) is 15.2. The van der Waals surface area contributed by atoms with Crippen LogP contribution in [-0.4, -0.2) is 83.4 Å². The monoisotopic (exact) mass is 636 g/mol. The maximum absolute atomic E-state index is 14.1. The summed E-state index contributed by atoms with van der Waals surface area (Å²) in [7, 11) is 1.56. The van der Waals surface area contributed by atoms with Crippen molar-refractivity contribution >= 4 is 40.2 Å². The number of hydrogen-bond acceptors (Lipinski definition) is 7. The van der Waals surface area contributed by atoms with Crippen molar-refractivity contribution < 1.29 is 33.5 Å². The number of nitrogens with one attached hydrogen (secondary N) is 2. The molecule has 250 valence electrons. The molecule has 0 saturated carbocycles. The lowest BCUT2D eigenvalue weighted by atomic mass is 9.87. The average Bonchev–Trinajstić information content (AvgIpc) is 3.87. The van der Waals surface area contributed by atoms with Crippen molar-refractivity contribution in [3.05, 3.63) is 36.0 Å². The SMILES string of the molecule is CCC(C)[C@@H]1NC(=O)[C@H](Cc2cn(OC)c3ccccc23)NC(=O)[C@H](CCCCCC(=O)C2CO2)CC(=O)[C@H]2CCCCN2C1=O. The van der Waals surface area contributed by atoms with Crippen LogP contribution in [0.3, 0.4) is 0 Å². The van der Waals surface area contributed by atoms with Crippen molar-refractivity contribution in [2.24, 2.45) is 11.8 Å². The number of aromatic nitrogens is 1. The first-order chi connectivity index (χ1) is 22.2. The molecule has 0 aliphatic carbocycles. The van der Waals surface area contributed by atoms with Crippen LogP contribution in [0.15, 0.2) is 30.5 Å². The number of carbonyl (C=O) groups excluding carboxylic acids is 5. The van der Waals surface area contributed by atoms with Crippen molar-refractivity contribution in [1.29, 1.82) is 0 Å². The van der Waals surface area contributed by atoms with Crippen LogP contribution in [0.4, 0.5) is 0 Å². The van der Waals surface area contributed by atoms with Gasteiger partial charge < -0.3 is 25.1 Å². The van der Waals surface area contributed by atoms with Crippen LogP contribution >= 0.6 is 0 Å². The number of hydrogen-bond donors (Lipinski definition) is 2. The molecule has 1 aromatic heterocycles. The van der Waals surface area contributed by atoms with Gasteiger partial charge in [0.05, 0.1) is 18.2 Å². The number of para-hydroxylation sites is 1. The van der Waals surface area contributed by atoms with Gasteiger partial charge in [-0.05, 0) is 49.7 Å². The molecule has 2 aromatic rings. The first-order valence-corrected chi connectivity index (χ1v) is 16.9. The Kier molecular flexibility index (Phi) is 11.1. The van der Waals surface area contributed by atoms with E-state index in [2.05, 4.69) is 10.6 Å². The van der Waals surface area contributed by atoms with Gasteiger partial charge in [0.2, 0.25) is 17.7 Å². The van der Waals surface area contributed by atoms with E-state index >= 15 is 0 Å². The molecule has 3 amide bonds. The van der Waals surface area contributed by atoms with Crippen LogP contribution in [0.25, 0.3) is 10.9 Å². The minimum absolute atomic E-state index is 0.000441. The third-order valence-electron chi connectivity index (χ3n) is 9.94. The summed E-state index contributed by atoms with van der Waals surface area (Å²) < 4.78 is 6.70. The second-order valence-electron chi connectivity index (χ2n) is 13.1. The highest BCUT2D eigenvalue weighted by molar-refractivity contribution is 5.98. The fourth-order valence-electron chi connectivity index (χ4n) is 6.86. The van der Waals surface area contributed by atoms with E-state index in [1.54, 1.807) is 16.7 Å². The van der Waals surface area contributed by atoms with E-state index in [4.69, 9.17) is 9.57 Å². The molecule has 3 fully saturated rings. The molecule has 2 unspecified atom stereocenters. The summed E-state index contributed by atoms with van der Waals surface area (Å²) in [5, 5.41) is 6.89. The standard InChI is InChI=1S/C35H48N4O7/c1-4-22(2)32-35(44)38-17-11-10-15-28(38)30(41)19-23(12-6-5-7-16-29(40)31-21-46-31)33(42)36-26(34(43)37-32)18-24-20-39(45-3)27-14-9-8-13-25(24)27/h8-9,13-14,20,22-23,26,28,31-32H,4-7,10-12,15-19,21H2,1-3H3,(H,36,42)(H,37,43)/t22?,23-,26+,28-,31?,32+/m1/s1. The lowest BCUT2D eigenvalue weighted by molar-refractivity contribution is -0.147. The number of nitrogens with zero attached hydrogens (tertiary/aromatic N) is 2. The summed E-state index contributed by atoms with van der Waals surface area (Å²) in [4.78, 5) is 75.2. The summed E-state index contributed by atoms with van der Waals surface area (Å²) in [6.45, 7) is 4.85. The summed E-state index contributed by atoms with van der Waals surface area (Å²) in [5.74, 6) is -1.83. The van der Waals surface area contributed by atoms with Gasteiger partial charge in [-0.1, -0.05) is 51.3 Å². The van der Waals surface area contributed by atoms with Gasteiger partial charge in [-0.2, -0.15) is 4.73 Å². The molecule has 3 saturated heterocycles. The smallest absolute Gasteiger partial charge is 0.246 e. The third kappa shape index (κ3) is 7.79. The summed E-state index contributed by atoms with van der Waals surface area (Å²) >= 11 is 0. The molecule has 4 heterocycles. The number of fused-ring (bicyclic) bond motifs is 2. The number of ether oxygens (including phenoxy) is 1. The number of benzene rings is 1. The van der Waals surface area contributed by atoms with E-state index in [0.29, 0.717) is 51.7 Å². The molecule has 11 heteroatoms. The summed E-state index contributed by atoms with van der Waals surface area (Å²) in [6.07, 6.45) is 7.53. The summed E-state index contributed by atoms with van der Waals surface area (Å²) in [6, 6.07) is 5.27. The Bertz CT molecular complexity index is 1430. The van der Waals surface area contributed by atoms with E-state index in [0.717, 1.165) is 35.7 Å². The molecule has 3 aliphatic heterocycles. The van der Waals surface area contributed by atoms with E-state index < -0.39 is 30.0 Å². The van der Waals surface area contributed by atoms with Gasteiger partial charge in [-0.25, -0.2) is 0 Å². The maximum Gasteiger partial charge on any atom is 0.246 e. The van der Waals surface area contributed by atoms with E-state index in [-0.39, 0.29) is 48.2 Å². The zero-order valence-electron chi connectivity index (χ0n) is 27.3. The van der Waals surface area contributed by atoms with Gasteiger partial charge >= 0.3 is 0 Å². The van der Waals surface area contributed by atoms with Gasteiger partial charge in [-0.3, -0.25) is 24.0 Å². The molecule has 0 bridgehead atoms. The van der Waals surface area contributed by atoms with Gasteiger partial charge in [0.15, 0.2) is 11.6 Å². The number of rotatable bonds is 12. The van der Waals surface area contributed by atoms with Crippen LogP contribution in [0.2, 0.25) is 0 Å². The predicted octanol–water partition coefficient (Wildman–Crippen LogP) is 3.15.